The number of ether oxygens (including phenoxy) is 4. The summed E-state index contributed by atoms with van der Waals surface area (Å²) in [6, 6.07) is 16.6. The number of para-hydroxylation sites is 2. The second kappa shape index (κ2) is 22.4. The van der Waals surface area contributed by atoms with Gasteiger partial charge in [-0.05, 0) is 37.8 Å². The largest absolute Gasteiger partial charge is 0.466 e. The van der Waals surface area contributed by atoms with Crippen LogP contribution in [0.3, 0.4) is 0 Å². The van der Waals surface area contributed by atoms with Crippen molar-refractivity contribution in [3.8, 4) is 11.5 Å². The molecule has 0 saturated carbocycles. The van der Waals surface area contributed by atoms with E-state index in [1.54, 1.807) is 45.2 Å². The summed E-state index contributed by atoms with van der Waals surface area (Å²) >= 11 is 8.20. The molecule has 12 nitrogen and oxygen atoms in total. The van der Waals surface area contributed by atoms with Crippen molar-refractivity contribution in [2.75, 3.05) is 46.5 Å². The molecular formula is C28H39ClN4O8S2. The maximum Gasteiger partial charge on any atom is 0.446 e. The van der Waals surface area contributed by atoms with E-state index in [9.17, 15) is 14.4 Å². The Morgan fingerprint density at radius 2 is 1.72 bits per heavy atom. The van der Waals surface area contributed by atoms with E-state index >= 15 is 0 Å². The summed E-state index contributed by atoms with van der Waals surface area (Å²) in [5.74, 6) is 0.601. The summed E-state index contributed by atoms with van der Waals surface area (Å²) in [4.78, 5) is 39.7. The zero-order valence-electron chi connectivity index (χ0n) is 25.1. The Kier molecular flexibility index (Phi) is 19.7. The first-order chi connectivity index (χ1) is 20.7. The number of rotatable bonds is 14. The van der Waals surface area contributed by atoms with Crippen LogP contribution in [0.2, 0.25) is 0 Å². The van der Waals surface area contributed by atoms with Gasteiger partial charge in [0.2, 0.25) is 6.29 Å². The molecule has 2 rings (SSSR count). The smallest absolute Gasteiger partial charge is 0.446 e. The number of benzene rings is 2. The van der Waals surface area contributed by atoms with Crippen LogP contribution in [0.1, 0.15) is 25.8 Å². The van der Waals surface area contributed by atoms with E-state index in [1.807, 2.05) is 40.9 Å². The number of alkyl halides is 1. The van der Waals surface area contributed by atoms with Gasteiger partial charge >= 0.3 is 18.2 Å². The summed E-state index contributed by atoms with van der Waals surface area (Å²) in [5.41, 5.74) is 1.07. The zero-order valence-corrected chi connectivity index (χ0v) is 27.5. The van der Waals surface area contributed by atoms with Gasteiger partial charge in [-0.1, -0.05) is 47.6 Å². The van der Waals surface area contributed by atoms with Crippen molar-refractivity contribution < 1.29 is 38.2 Å². The molecule has 1 atom stereocenters. The van der Waals surface area contributed by atoms with Gasteiger partial charge in [0.25, 0.3) is 0 Å². The van der Waals surface area contributed by atoms with Gasteiger partial charge in [-0.2, -0.15) is 0 Å². The predicted molar refractivity (Wildman–Crippen MR) is 170 cm³/mol. The number of hydrogen-bond acceptors (Lipinski definition) is 12. The standard InChI is InChI=1S/C17H25N3O4S2.C11H14ClNO4/c1-5-23-16(21)11-12-20(13-15-9-7-6-8-10-15)26-19(3)17(22)24-18-14(2)25-4;1-13-11(14)17-9-6-4-3-5-8(9)16-10(7-12)15-2/h6-10H,5,11-13H2,1-4H3;3-6,10H,7H2,1-2H3,(H,13,14)/b18-14-;. The molecule has 0 heterocycles. The van der Waals surface area contributed by atoms with E-state index < -0.39 is 18.5 Å². The first-order valence-electron chi connectivity index (χ1n) is 13.1. The fourth-order valence-electron chi connectivity index (χ4n) is 2.86. The maximum absolute atomic E-state index is 12.0. The third-order valence-electron chi connectivity index (χ3n) is 5.02. The minimum Gasteiger partial charge on any atom is -0.466 e. The quantitative estimate of drug-likeness (QED) is 0.0389. The summed E-state index contributed by atoms with van der Waals surface area (Å²) in [6.07, 6.45) is 0.340. The molecule has 15 heteroatoms. The number of amides is 2. The summed E-state index contributed by atoms with van der Waals surface area (Å²) in [7, 11) is 4.55. The fraction of sp³-hybridized carbons (Fsp3) is 0.429. The molecule has 2 aromatic carbocycles. The van der Waals surface area contributed by atoms with Crippen LogP contribution in [0, 0.1) is 0 Å². The van der Waals surface area contributed by atoms with Gasteiger partial charge in [0.15, 0.2) is 11.5 Å². The molecule has 0 fully saturated rings. The highest BCUT2D eigenvalue weighted by Gasteiger charge is 2.18. The number of hydrogen-bond donors (Lipinski definition) is 1. The number of methoxy groups -OCH3 is 1. The third kappa shape index (κ3) is 16.3. The summed E-state index contributed by atoms with van der Waals surface area (Å²) in [5, 5.41) is 6.74. The minimum atomic E-state index is -0.592. The molecular weight excluding hydrogens is 620 g/mol. The molecule has 0 saturated heterocycles. The van der Waals surface area contributed by atoms with Gasteiger partial charge < -0.3 is 24.3 Å². The number of nitrogens with one attached hydrogen (secondary N) is 1. The molecule has 0 aromatic heterocycles. The van der Waals surface area contributed by atoms with Gasteiger partial charge in [0.1, 0.15) is 5.04 Å². The zero-order chi connectivity index (χ0) is 32.0. The number of carbonyl (C=O) groups is 3. The van der Waals surface area contributed by atoms with Crippen LogP contribution in [-0.2, 0) is 25.7 Å². The van der Waals surface area contributed by atoms with Gasteiger partial charge in [-0.15, -0.1) is 23.4 Å². The molecule has 0 aliphatic rings. The highest BCUT2D eigenvalue weighted by Crippen LogP contribution is 2.27. The molecule has 0 aliphatic carbocycles. The van der Waals surface area contributed by atoms with Crippen molar-refractivity contribution in [1.82, 2.24) is 13.9 Å². The van der Waals surface area contributed by atoms with E-state index in [2.05, 4.69) is 10.5 Å². The average Bonchev–Trinajstić information content (AvgIpc) is 3.02. The second-order valence-corrected chi connectivity index (χ2v) is 10.7. The van der Waals surface area contributed by atoms with Gasteiger partial charge in [-0.3, -0.25) is 9.63 Å². The maximum atomic E-state index is 12.0. The number of esters is 1. The Hall–Kier alpha value is -3.17. The van der Waals surface area contributed by atoms with Crippen LogP contribution in [-0.4, -0.2) is 84.6 Å². The van der Waals surface area contributed by atoms with Gasteiger partial charge in [-0.25, -0.2) is 18.2 Å². The Labute approximate surface area is 266 Å². The van der Waals surface area contributed by atoms with Crippen LogP contribution in [0.5, 0.6) is 11.5 Å². The molecule has 0 aliphatic heterocycles. The summed E-state index contributed by atoms with van der Waals surface area (Å²) in [6.45, 7) is 4.88. The Morgan fingerprint density at radius 3 is 2.30 bits per heavy atom. The van der Waals surface area contributed by atoms with E-state index in [0.717, 1.165) is 5.56 Å². The Balaban J connectivity index is 0.000000469. The lowest BCUT2D eigenvalue weighted by atomic mass is 10.2. The SMILES string of the molecule is CCOC(=O)CCN(Cc1ccccc1)SN(C)C(=O)O/N=C(/C)SC.CNC(=O)Oc1ccccc1OC(CCl)OC. The van der Waals surface area contributed by atoms with Gasteiger partial charge in [0, 0.05) is 46.4 Å². The normalized spacial score (nSPS) is 11.5. The van der Waals surface area contributed by atoms with Crippen molar-refractivity contribution in [2.45, 2.75) is 33.1 Å². The number of nitrogens with zero attached hydrogens (tertiary/aromatic N) is 3. The first kappa shape index (κ1) is 37.9. The van der Waals surface area contributed by atoms with Crippen LogP contribution < -0.4 is 14.8 Å². The fourth-order valence-corrected chi connectivity index (χ4v) is 3.98. The predicted octanol–water partition coefficient (Wildman–Crippen LogP) is 5.76. The van der Waals surface area contributed by atoms with Crippen molar-refractivity contribution in [1.29, 1.82) is 0 Å². The number of carbonyl (C=O) groups excluding carboxylic acids is 3. The third-order valence-corrected chi connectivity index (χ3v) is 6.87. The molecule has 0 bridgehead atoms. The monoisotopic (exact) mass is 658 g/mol. The second-order valence-electron chi connectivity index (χ2n) is 8.18. The van der Waals surface area contributed by atoms with E-state index in [0.29, 0.717) is 36.2 Å². The molecule has 2 aromatic rings. The molecule has 2 amide bonds. The summed E-state index contributed by atoms with van der Waals surface area (Å²) < 4.78 is 23.6. The Morgan fingerprint density at radius 1 is 1.07 bits per heavy atom. The van der Waals surface area contributed by atoms with Crippen LogP contribution in [0.25, 0.3) is 0 Å². The molecule has 0 radical (unpaired) electrons. The number of halogens is 1. The molecule has 238 valence electrons. The molecule has 43 heavy (non-hydrogen) atoms. The highest BCUT2D eigenvalue weighted by atomic mass is 35.5. The van der Waals surface area contributed by atoms with Crippen LogP contribution in [0.4, 0.5) is 9.59 Å². The number of oxime groups is 1. The van der Waals surface area contributed by atoms with Crippen molar-refractivity contribution in [3.63, 3.8) is 0 Å². The van der Waals surface area contributed by atoms with Gasteiger partial charge in [0.05, 0.1) is 18.9 Å². The topological polar surface area (TPSA) is 128 Å². The Bertz CT molecular complexity index is 1140. The van der Waals surface area contributed by atoms with E-state index in [1.165, 1.54) is 42.4 Å². The lowest BCUT2D eigenvalue weighted by molar-refractivity contribution is -0.143. The van der Waals surface area contributed by atoms with E-state index in [4.69, 9.17) is 35.4 Å². The highest BCUT2D eigenvalue weighted by molar-refractivity contribution is 8.13. The lowest BCUT2D eigenvalue weighted by Crippen LogP contribution is -2.28. The van der Waals surface area contributed by atoms with Crippen molar-refractivity contribution in [2.24, 2.45) is 5.16 Å². The molecule has 1 unspecified atom stereocenters. The molecule has 0 spiro atoms. The lowest BCUT2D eigenvalue weighted by Gasteiger charge is -2.24. The minimum absolute atomic E-state index is 0.171. The number of thioether (sulfide) groups is 1. The molecule has 1 N–H and O–H groups in total. The van der Waals surface area contributed by atoms with Crippen LogP contribution >= 0.6 is 35.5 Å². The van der Waals surface area contributed by atoms with Crippen LogP contribution in [0.15, 0.2) is 59.8 Å². The average molecular weight is 659 g/mol. The first-order valence-corrected chi connectivity index (χ1v) is 15.6. The van der Waals surface area contributed by atoms with Crippen molar-refractivity contribution >= 4 is 58.7 Å². The van der Waals surface area contributed by atoms with E-state index in [-0.39, 0.29) is 18.3 Å². The van der Waals surface area contributed by atoms with Crippen molar-refractivity contribution in [3.05, 3.63) is 60.2 Å².